The van der Waals surface area contributed by atoms with Gasteiger partial charge in [0.05, 0.1) is 12.8 Å². The zero-order chi connectivity index (χ0) is 16.6. The van der Waals surface area contributed by atoms with E-state index in [1.54, 1.807) is 4.68 Å². The zero-order valence-electron chi connectivity index (χ0n) is 13.5. The highest BCUT2D eigenvalue weighted by atomic mass is 16.5. The van der Waals surface area contributed by atoms with Gasteiger partial charge in [-0.3, -0.25) is 0 Å². The fourth-order valence-electron chi connectivity index (χ4n) is 2.34. The van der Waals surface area contributed by atoms with Gasteiger partial charge in [-0.05, 0) is 39.0 Å². The first kappa shape index (κ1) is 15.0. The molecule has 0 aliphatic carbocycles. The van der Waals surface area contributed by atoms with Crippen LogP contribution in [0.3, 0.4) is 0 Å². The van der Waals surface area contributed by atoms with Crippen molar-refractivity contribution in [3.8, 4) is 17.3 Å². The first-order valence-corrected chi connectivity index (χ1v) is 7.19. The van der Waals surface area contributed by atoms with Gasteiger partial charge < -0.3 is 9.15 Å². The Hall–Kier alpha value is -2.89. The number of benzene rings is 1. The van der Waals surface area contributed by atoms with Crippen molar-refractivity contribution in [3.05, 3.63) is 53.0 Å². The second kappa shape index (κ2) is 5.72. The molecule has 0 bridgehead atoms. The number of carbonyl (C=O) groups excluding carboxylic acids is 1. The van der Waals surface area contributed by atoms with Crippen molar-refractivity contribution in [2.75, 3.05) is 7.11 Å². The number of carbonyl (C=O) groups is 1. The number of oxazole rings is 1. The third-order valence-electron chi connectivity index (χ3n) is 3.49. The number of hydrogen-bond donors (Lipinski definition) is 0. The molecule has 1 aromatic carbocycles. The summed E-state index contributed by atoms with van der Waals surface area (Å²) < 4.78 is 12.2. The van der Waals surface area contributed by atoms with Gasteiger partial charge in [0.15, 0.2) is 0 Å². The van der Waals surface area contributed by atoms with E-state index in [1.807, 2.05) is 51.1 Å². The molecule has 0 N–H and O–H groups in total. The van der Waals surface area contributed by atoms with Crippen molar-refractivity contribution in [3.63, 3.8) is 0 Å². The summed E-state index contributed by atoms with van der Waals surface area (Å²) in [5, 5.41) is 4.35. The minimum atomic E-state index is -0.560. The molecule has 0 fully saturated rings. The lowest BCUT2D eigenvalue weighted by Crippen LogP contribution is -2.08. The van der Waals surface area contributed by atoms with Gasteiger partial charge in [-0.25, -0.2) is 9.48 Å². The van der Waals surface area contributed by atoms with E-state index in [4.69, 9.17) is 9.15 Å². The van der Waals surface area contributed by atoms with E-state index in [0.717, 1.165) is 22.5 Å². The van der Waals surface area contributed by atoms with Crippen LogP contribution in [0.25, 0.3) is 17.3 Å². The predicted octanol–water partition coefficient (Wildman–Crippen LogP) is 3.24. The topological polar surface area (TPSA) is 70.2 Å². The molecule has 0 amide bonds. The average molecular weight is 311 g/mol. The van der Waals surface area contributed by atoms with Crippen LogP contribution in [0, 0.1) is 20.8 Å². The number of ether oxygens (including phenoxy) is 1. The molecule has 0 radical (unpaired) electrons. The number of hydrogen-bond acceptors (Lipinski definition) is 5. The SMILES string of the molecule is COC(=O)c1nc(-c2ccc(C)cc2)oc1-n1nc(C)cc1C. The summed E-state index contributed by atoms with van der Waals surface area (Å²) in [6, 6.07) is 9.61. The van der Waals surface area contributed by atoms with Crippen LogP contribution in [0.2, 0.25) is 0 Å². The Balaban J connectivity index is 2.16. The van der Waals surface area contributed by atoms with Crippen molar-refractivity contribution in [2.24, 2.45) is 0 Å². The summed E-state index contributed by atoms with van der Waals surface area (Å²) in [6.07, 6.45) is 0. The molecule has 23 heavy (non-hydrogen) atoms. The van der Waals surface area contributed by atoms with Crippen LogP contribution in [-0.4, -0.2) is 27.8 Å². The Kier molecular flexibility index (Phi) is 3.73. The summed E-state index contributed by atoms with van der Waals surface area (Å²) in [6.45, 7) is 5.76. The number of methoxy groups -OCH3 is 1. The van der Waals surface area contributed by atoms with Crippen molar-refractivity contribution in [1.29, 1.82) is 0 Å². The summed E-state index contributed by atoms with van der Waals surface area (Å²) in [7, 11) is 1.31. The Bertz CT molecular complexity index is 860. The highest BCUT2D eigenvalue weighted by molar-refractivity contribution is 5.91. The maximum absolute atomic E-state index is 12.0. The molecule has 0 aliphatic rings. The molecule has 0 spiro atoms. The van der Waals surface area contributed by atoms with Crippen molar-refractivity contribution >= 4 is 5.97 Å². The molecule has 2 aromatic heterocycles. The first-order chi connectivity index (χ1) is 11.0. The van der Waals surface area contributed by atoms with Crippen LogP contribution in [0.15, 0.2) is 34.7 Å². The van der Waals surface area contributed by atoms with Gasteiger partial charge in [0.1, 0.15) is 0 Å². The Morgan fingerprint density at radius 1 is 1.17 bits per heavy atom. The average Bonchev–Trinajstić information content (AvgIpc) is 3.10. The molecule has 0 saturated carbocycles. The fourth-order valence-corrected chi connectivity index (χ4v) is 2.34. The maximum atomic E-state index is 12.0. The van der Waals surface area contributed by atoms with Crippen LogP contribution in [0.1, 0.15) is 27.4 Å². The number of nitrogens with zero attached hydrogens (tertiary/aromatic N) is 3. The van der Waals surface area contributed by atoms with Gasteiger partial charge in [0, 0.05) is 11.3 Å². The largest absolute Gasteiger partial charge is 0.464 e. The third-order valence-corrected chi connectivity index (χ3v) is 3.49. The summed E-state index contributed by atoms with van der Waals surface area (Å²) in [5.74, 6) is 0.0562. The second-order valence-electron chi connectivity index (χ2n) is 5.37. The quantitative estimate of drug-likeness (QED) is 0.694. The van der Waals surface area contributed by atoms with Crippen LogP contribution in [-0.2, 0) is 4.74 Å². The van der Waals surface area contributed by atoms with E-state index >= 15 is 0 Å². The van der Waals surface area contributed by atoms with E-state index < -0.39 is 5.97 Å². The van der Waals surface area contributed by atoms with Gasteiger partial charge >= 0.3 is 5.97 Å². The number of rotatable bonds is 3. The minimum Gasteiger partial charge on any atom is -0.464 e. The number of aryl methyl sites for hydroxylation is 3. The van der Waals surface area contributed by atoms with Crippen LogP contribution < -0.4 is 0 Å². The van der Waals surface area contributed by atoms with E-state index in [0.29, 0.717) is 5.89 Å². The van der Waals surface area contributed by atoms with Gasteiger partial charge in [0.25, 0.3) is 5.88 Å². The molecule has 0 atom stereocenters. The molecule has 6 nitrogen and oxygen atoms in total. The smallest absolute Gasteiger partial charge is 0.362 e. The van der Waals surface area contributed by atoms with Gasteiger partial charge in [-0.2, -0.15) is 10.1 Å². The zero-order valence-corrected chi connectivity index (χ0v) is 13.5. The highest BCUT2D eigenvalue weighted by Crippen LogP contribution is 2.26. The molecular formula is C17H17N3O3. The molecule has 6 heteroatoms. The second-order valence-corrected chi connectivity index (χ2v) is 5.37. The first-order valence-electron chi connectivity index (χ1n) is 7.19. The van der Waals surface area contributed by atoms with E-state index in [9.17, 15) is 4.79 Å². The van der Waals surface area contributed by atoms with Gasteiger partial charge in [0.2, 0.25) is 11.6 Å². The fraction of sp³-hybridized carbons (Fsp3) is 0.235. The minimum absolute atomic E-state index is 0.106. The lowest BCUT2D eigenvalue weighted by Gasteiger charge is -2.01. The van der Waals surface area contributed by atoms with Crippen LogP contribution in [0.4, 0.5) is 0 Å². The van der Waals surface area contributed by atoms with E-state index in [-0.39, 0.29) is 11.6 Å². The van der Waals surface area contributed by atoms with E-state index in [2.05, 4.69) is 10.1 Å². The predicted molar refractivity (Wildman–Crippen MR) is 84.6 cm³/mol. The molecule has 0 unspecified atom stereocenters. The standard InChI is InChI=1S/C17H17N3O3/c1-10-5-7-13(8-6-10)15-18-14(17(21)22-4)16(23-15)20-12(3)9-11(2)19-20/h5-9H,1-4H3. The van der Waals surface area contributed by atoms with Gasteiger partial charge in [-0.1, -0.05) is 17.7 Å². The Morgan fingerprint density at radius 3 is 2.43 bits per heavy atom. The molecule has 3 rings (SSSR count). The molecule has 0 saturated heterocycles. The molecule has 3 aromatic rings. The third kappa shape index (κ3) is 2.75. The summed E-state index contributed by atoms with van der Waals surface area (Å²) in [4.78, 5) is 16.3. The lowest BCUT2D eigenvalue weighted by molar-refractivity contribution is 0.0594. The van der Waals surface area contributed by atoms with Crippen LogP contribution in [0.5, 0.6) is 0 Å². The maximum Gasteiger partial charge on any atom is 0.362 e. The van der Waals surface area contributed by atoms with Crippen molar-refractivity contribution < 1.29 is 13.9 Å². The van der Waals surface area contributed by atoms with Crippen molar-refractivity contribution in [2.45, 2.75) is 20.8 Å². The molecule has 118 valence electrons. The van der Waals surface area contributed by atoms with E-state index in [1.165, 1.54) is 7.11 Å². The normalized spacial score (nSPS) is 10.8. The van der Waals surface area contributed by atoms with Crippen LogP contribution >= 0.6 is 0 Å². The molecule has 2 heterocycles. The number of aromatic nitrogens is 3. The van der Waals surface area contributed by atoms with Gasteiger partial charge in [-0.15, -0.1) is 0 Å². The molecular weight excluding hydrogens is 294 g/mol. The Labute approximate surface area is 133 Å². The molecule has 0 aliphatic heterocycles. The lowest BCUT2D eigenvalue weighted by atomic mass is 10.1. The monoisotopic (exact) mass is 311 g/mol. The Morgan fingerprint density at radius 2 is 1.87 bits per heavy atom. The number of esters is 1. The summed E-state index contributed by atoms with van der Waals surface area (Å²) in [5.41, 5.74) is 3.70. The van der Waals surface area contributed by atoms with Crippen molar-refractivity contribution in [1.82, 2.24) is 14.8 Å². The summed E-state index contributed by atoms with van der Waals surface area (Å²) >= 11 is 0. The highest BCUT2D eigenvalue weighted by Gasteiger charge is 2.24.